The fourth-order valence-electron chi connectivity index (χ4n) is 2.06. The summed E-state index contributed by atoms with van der Waals surface area (Å²) >= 11 is 0. The number of hydrogen-bond acceptors (Lipinski definition) is 3. The van der Waals surface area contributed by atoms with Gasteiger partial charge in [-0.3, -0.25) is 0 Å². The Hall–Kier alpha value is -1.89. The largest absolute Gasteiger partial charge is 0.418 e. The molecule has 0 radical (unpaired) electrons. The van der Waals surface area contributed by atoms with Crippen LogP contribution in [-0.2, 0) is 12.7 Å². The van der Waals surface area contributed by atoms with Crippen LogP contribution in [0.15, 0.2) is 18.2 Å². The van der Waals surface area contributed by atoms with E-state index in [0.29, 0.717) is 23.8 Å². The number of halogens is 3. The summed E-state index contributed by atoms with van der Waals surface area (Å²) in [6, 6.07) is 4.22. The Bertz CT molecular complexity index is 617. The summed E-state index contributed by atoms with van der Waals surface area (Å²) in [5.74, 6) is 0.865. The van der Waals surface area contributed by atoms with E-state index in [-0.39, 0.29) is 5.69 Å². The third kappa shape index (κ3) is 2.82. The Balaban J connectivity index is 2.60. The van der Waals surface area contributed by atoms with E-state index in [2.05, 4.69) is 15.4 Å². The van der Waals surface area contributed by atoms with Gasteiger partial charge in [0.1, 0.15) is 11.6 Å². The molecule has 0 spiro atoms. The first-order valence-electron chi connectivity index (χ1n) is 6.08. The minimum absolute atomic E-state index is 0.00421. The molecule has 0 aliphatic rings. The van der Waals surface area contributed by atoms with Crippen LogP contribution >= 0.6 is 0 Å². The highest BCUT2D eigenvalue weighted by Gasteiger charge is 2.34. The average molecular weight is 284 g/mol. The molecular formula is C13H15F3N4. The van der Waals surface area contributed by atoms with Crippen LogP contribution in [0.25, 0.3) is 5.69 Å². The predicted octanol–water partition coefficient (Wildman–Crippen LogP) is 2.62. The average Bonchev–Trinajstić information content (AvgIpc) is 2.68. The van der Waals surface area contributed by atoms with Gasteiger partial charge in [-0.15, -0.1) is 0 Å². The highest BCUT2D eigenvalue weighted by molar-refractivity contribution is 5.45. The van der Waals surface area contributed by atoms with Gasteiger partial charge in [-0.25, -0.2) is 9.67 Å². The minimum Gasteiger partial charge on any atom is -0.316 e. The van der Waals surface area contributed by atoms with Gasteiger partial charge in [-0.2, -0.15) is 18.3 Å². The van der Waals surface area contributed by atoms with E-state index in [9.17, 15) is 13.2 Å². The third-order valence-electron chi connectivity index (χ3n) is 2.85. The molecule has 7 heteroatoms. The summed E-state index contributed by atoms with van der Waals surface area (Å²) in [6.45, 7) is 3.65. The quantitative estimate of drug-likeness (QED) is 0.942. The first-order valence-corrected chi connectivity index (χ1v) is 6.08. The summed E-state index contributed by atoms with van der Waals surface area (Å²) in [5, 5.41) is 6.86. The molecule has 0 aliphatic heterocycles. The molecule has 4 nitrogen and oxygen atoms in total. The van der Waals surface area contributed by atoms with Crippen molar-refractivity contribution in [3.63, 3.8) is 0 Å². The fraction of sp³-hybridized carbons (Fsp3) is 0.385. The fourth-order valence-corrected chi connectivity index (χ4v) is 2.06. The Labute approximate surface area is 114 Å². The second-order valence-electron chi connectivity index (χ2n) is 4.50. The lowest BCUT2D eigenvalue weighted by Gasteiger charge is -2.15. The van der Waals surface area contributed by atoms with E-state index in [4.69, 9.17) is 0 Å². The number of aryl methyl sites for hydroxylation is 2. The number of rotatable bonds is 3. The Morgan fingerprint density at radius 3 is 2.45 bits per heavy atom. The molecule has 0 saturated carbocycles. The number of nitrogens with zero attached hydrogens (tertiary/aromatic N) is 3. The van der Waals surface area contributed by atoms with Crippen molar-refractivity contribution in [1.29, 1.82) is 0 Å². The van der Waals surface area contributed by atoms with Crippen LogP contribution in [0, 0.1) is 13.8 Å². The van der Waals surface area contributed by atoms with Gasteiger partial charge in [0.15, 0.2) is 0 Å². The van der Waals surface area contributed by atoms with Gasteiger partial charge in [-0.05, 0) is 38.6 Å². The summed E-state index contributed by atoms with van der Waals surface area (Å²) in [6.07, 6.45) is -4.44. The van der Waals surface area contributed by atoms with Crippen molar-refractivity contribution < 1.29 is 13.2 Å². The third-order valence-corrected chi connectivity index (χ3v) is 2.85. The maximum absolute atomic E-state index is 13.2. The molecule has 1 heterocycles. The van der Waals surface area contributed by atoms with Crippen molar-refractivity contribution in [2.75, 3.05) is 7.05 Å². The zero-order valence-corrected chi connectivity index (χ0v) is 11.4. The maximum Gasteiger partial charge on any atom is 0.418 e. The molecule has 1 aromatic heterocycles. The van der Waals surface area contributed by atoms with E-state index >= 15 is 0 Å². The monoisotopic (exact) mass is 284 g/mol. The van der Waals surface area contributed by atoms with Gasteiger partial charge in [0.05, 0.1) is 11.3 Å². The van der Waals surface area contributed by atoms with Crippen molar-refractivity contribution >= 4 is 0 Å². The van der Waals surface area contributed by atoms with Gasteiger partial charge in [-0.1, -0.05) is 6.07 Å². The van der Waals surface area contributed by atoms with Crippen LogP contribution in [0.3, 0.4) is 0 Å². The second kappa shape index (κ2) is 5.24. The van der Waals surface area contributed by atoms with Crippen LogP contribution in [0.2, 0.25) is 0 Å². The van der Waals surface area contributed by atoms with Crippen molar-refractivity contribution in [2.45, 2.75) is 26.6 Å². The Morgan fingerprint density at radius 1 is 1.25 bits per heavy atom. The van der Waals surface area contributed by atoms with E-state index < -0.39 is 11.7 Å². The number of nitrogens with one attached hydrogen (secondary N) is 1. The van der Waals surface area contributed by atoms with Crippen molar-refractivity contribution in [3.8, 4) is 5.69 Å². The molecule has 0 aliphatic carbocycles. The van der Waals surface area contributed by atoms with E-state index in [1.165, 1.54) is 10.7 Å². The molecule has 0 unspecified atom stereocenters. The molecule has 2 rings (SSSR count). The lowest BCUT2D eigenvalue weighted by atomic mass is 10.1. The van der Waals surface area contributed by atoms with Crippen LogP contribution < -0.4 is 5.32 Å². The van der Waals surface area contributed by atoms with Crippen LogP contribution in [0.4, 0.5) is 13.2 Å². The number of alkyl halides is 3. The first kappa shape index (κ1) is 14.5. The second-order valence-corrected chi connectivity index (χ2v) is 4.50. The number of benzene rings is 1. The highest BCUT2D eigenvalue weighted by Crippen LogP contribution is 2.34. The molecule has 0 atom stereocenters. The molecule has 1 aromatic carbocycles. The molecule has 1 N–H and O–H groups in total. The summed E-state index contributed by atoms with van der Waals surface area (Å²) in [5.41, 5.74) is -0.147. The number of hydrogen-bond donors (Lipinski definition) is 1. The predicted molar refractivity (Wildman–Crippen MR) is 68.6 cm³/mol. The summed E-state index contributed by atoms with van der Waals surface area (Å²) in [7, 11) is 1.69. The molecule has 20 heavy (non-hydrogen) atoms. The van der Waals surface area contributed by atoms with Crippen molar-refractivity contribution in [2.24, 2.45) is 0 Å². The molecule has 0 fully saturated rings. The van der Waals surface area contributed by atoms with Gasteiger partial charge in [0, 0.05) is 6.54 Å². The topological polar surface area (TPSA) is 42.7 Å². The first-order chi connectivity index (χ1) is 9.32. The van der Waals surface area contributed by atoms with E-state index in [0.717, 1.165) is 6.07 Å². The summed E-state index contributed by atoms with van der Waals surface area (Å²) < 4.78 is 40.9. The Kier molecular flexibility index (Phi) is 3.80. The van der Waals surface area contributed by atoms with Crippen LogP contribution in [-0.4, -0.2) is 21.8 Å². The van der Waals surface area contributed by atoms with Crippen LogP contribution in [0.1, 0.15) is 22.8 Å². The van der Waals surface area contributed by atoms with Crippen molar-refractivity contribution in [3.05, 3.63) is 41.0 Å². The molecular weight excluding hydrogens is 269 g/mol. The van der Waals surface area contributed by atoms with Crippen LogP contribution in [0.5, 0.6) is 0 Å². The van der Waals surface area contributed by atoms with Gasteiger partial charge in [0.25, 0.3) is 0 Å². The van der Waals surface area contributed by atoms with Gasteiger partial charge in [0.2, 0.25) is 0 Å². The highest BCUT2D eigenvalue weighted by atomic mass is 19.4. The molecule has 0 saturated heterocycles. The SMILES string of the molecule is CNCc1ccc(-n2nc(C)nc2C)c(C(F)(F)F)c1. The normalized spacial score (nSPS) is 11.9. The zero-order chi connectivity index (χ0) is 14.9. The smallest absolute Gasteiger partial charge is 0.316 e. The molecule has 0 bridgehead atoms. The molecule has 2 aromatic rings. The van der Waals surface area contributed by atoms with E-state index in [1.807, 2.05) is 0 Å². The lowest BCUT2D eigenvalue weighted by molar-refractivity contribution is -0.137. The van der Waals surface area contributed by atoms with Gasteiger partial charge >= 0.3 is 6.18 Å². The standard InChI is InChI=1S/C13H15F3N4/c1-8-18-9(2)20(19-8)12-5-4-10(7-17-3)6-11(12)13(14,15)16/h4-6,17H,7H2,1-3H3. The summed E-state index contributed by atoms with van der Waals surface area (Å²) in [4.78, 5) is 4.04. The van der Waals surface area contributed by atoms with Crippen molar-refractivity contribution in [1.82, 2.24) is 20.1 Å². The van der Waals surface area contributed by atoms with E-state index in [1.54, 1.807) is 27.0 Å². The zero-order valence-electron chi connectivity index (χ0n) is 11.4. The maximum atomic E-state index is 13.2. The molecule has 0 amide bonds. The lowest BCUT2D eigenvalue weighted by Crippen LogP contribution is -2.14. The Morgan fingerprint density at radius 2 is 1.95 bits per heavy atom. The minimum atomic E-state index is -4.44. The number of aromatic nitrogens is 3. The van der Waals surface area contributed by atoms with Gasteiger partial charge < -0.3 is 5.32 Å². The molecule has 108 valence electrons.